The van der Waals surface area contributed by atoms with E-state index in [4.69, 9.17) is 9.15 Å². The minimum absolute atomic E-state index is 0.0429. The smallest absolute Gasteiger partial charge is 0.316 e. The third-order valence-corrected chi connectivity index (χ3v) is 5.45. The number of aromatic nitrogens is 2. The zero-order chi connectivity index (χ0) is 19.0. The van der Waals surface area contributed by atoms with Crippen LogP contribution in [0.5, 0.6) is 0 Å². The Hall–Kier alpha value is -2.54. The summed E-state index contributed by atoms with van der Waals surface area (Å²) in [6.07, 6.45) is 2.32. The van der Waals surface area contributed by atoms with Crippen LogP contribution in [0.3, 0.4) is 0 Å². The Kier molecular flexibility index (Phi) is 4.78. The van der Waals surface area contributed by atoms with Gasteiger partial charge in [0.15, 0.2) is 12.2 Å². The SMILES string of the molecule is Cc1cc(C(=O)COC(=O)CSc2nc3ccccc3o2)c(C)n1C1CC1. The van der Waals surface area contributed by atoms with Crippen LogP contribution in [0.2, 0.25) is 0 Å². The van der Waals surface area contributed by atoms with Crippen LogP contribution < -0.4 is 0 Å². The van der Waals surface area contributed by atoms with Gasteiger partial charge >= 0.3 is 5.97 Å². The summed E-state index contributed by atoms with van der Waals surface area (Å²) in [5.74, 6) is -0.594. The van der Waals surface area contributed by atoms with Gasteiger partial charge in [-0.3, -0.25) is 9.59 Å². The van der Waals surface area contributed by atoms with E-state index in [-0.39, 0.29) is 18.1 Å². The maximum absolute atomic E-state index is 12.4. The highest BCUT2D eigenvalue weighted by Crippen LogP contribution is 2.38. The number of benzene rings is 1. The van der Waals surface area contributed by atoms with Crippen LogP contribution in [-0.2, 0) is 9.53 Å². The van der Waals surface area contributed by atoms with Crippen molar-refractivity contribution in [1.29, 1.82) is 0 Å². The largest absolute Gasteiger partial charge is 0.457 e. The minimum atomic E-state index is -0.466. The monoisotopic (exact) mass is 384 g/mol. The van der Waals surface area contributed by atoms with Gasteiger partial charge in [-0.2, -0.15) is 0 Å². The van der Waals surface area contributed by atoms with Crippen molar-refractivity contribution in [2.45, 2.75) is 38.0 Å². The Labute approximate surface area is 160 Å². The van der Waals surface area contributed by atoms with Crippen LogP contribution in [0.25, 0.3) is 11.1 Å². The number of carbonyl (C=O) groups excluding carboxylic acids is 2. The lowest BCUT2D eigenvalue weighted by Gasteiger charge is -2.07. The lowest BCUT2D eigenvalue weighted by Crippen LogP contribution is -2.16. The van der Waals surface area contributed by atoms with Gasteiger partial charge in [-0.1, -0.05) is 23.9 Å². The van der Waals surface area contributed by atoms with Gasteiger partial charge < -0.3 is 13.7 Å². The van der Waals surface area contributed by atoms with Crippen molar-refractivity contribution < 1.29 is 18.7 Å². The number of oxazole rings is 1. The zero-order valence-electron chi connectivity index (χ0n) is 15.2. The first-order valence-electron chi connectivity index (χ1n) is 8.88. The summed E-state index contributed by atoms with van der Waals surface area (Å²) >= 11 is 1.16. The molecule has 1 aliphatic rings. The van der Waals surface area contributed by atoms with Crippen molar-refractivity contribution >= 4 is 34.6 Å². The molecule has 0 atom stereocenters. The van der Waals surface area contributed by atoms with E-state index in [0.717, 1.165) is 41.5 Å². The number of nitrogens with zero attached hydrogens (tertiary/aromatic N) is 2. The molecule has 2 aromatic heterocycles. The topological polar surface area (TPSA) is 74.3 Å². The number of ether oxygens (including phenoxy) is 1. The number of aryl methyl sites for hydroxylation is 1. The van der Waals surface area contributed by atoms with Crippen molar-refractivity contribution in [2.75, 3.05) is 12.4 Å². The van der Waals surface area contributed by atoms with Crippen LogP contribution in [0.15, 0.2) is 40.0 Å². The molecule has 0 saturated heterocycles. The van der Waals surface area contributed by atoms with Gasteiger partial charge in [0.05, 0.1) is 0 Å². The molecule has 3 aromatic rings. The third kappa shape index (κ3) is 3.78. The molecule has 1 aliphatic carbocycles. The second-order valence-corrected chi connectivity index (χ2v) is 7.63. The van der Waals surface area contributed by atoms with Gasteiger partial charge in [-0.25, -0.2) is 4.98 Å². The molecule has 0 unspecified atom stereocenters. The predicted molar refractivity (Wildman–Crippen MR) is 102 cm³/mol. The summed E-state index contributed by atoms with van der Waals surface area (Å²) in [6, 6.07) is 9.81. The van der Waals surface area contributed by atoms with E-state index in [2.05, 4.69) is 9.55 Å². The molecule has 27 heavy (non-hydrogen) atoms. The molecule has 0 N–H and O–H groups in total. The molecular formula is C20H20N2O4S. The van der Waals surface area contributed by atoms with Crippen LogP contribution >= 0.6 is 11.8 Å². The fourth-order valence-electron chi connectivity index (χ4n) is 3.25. The molecular weight excluding hydrogens is 364 g/mol. The first-order valence-corrected chi connectivity index (χ1v) is 9.87. The number of Topliss-reactive ketones (excluding diaryl/α,β-unsaturated/α-hetero) is 1. The highest BCUT2D eigenvalue weighted by molar-refractivity contribution is 7.99. The molecule has 1 aromatic carbocycles. The van der Waals surface area contributed by atoms with E-state index < -0.39 is 5.97 Å². The second-order valence-electron chi connectivity index (χ2n) is 6.71. The van der Waals surface area contributed by atoms with E-state index in [9.17, 15) is 9.59 Å². The van der Waals surface area contributed by atoms with Crippen LogP contribution in [-0.4, -0.2) is 33.7 Å². The summed E-state index contributed by atoms with van der Waals surface area (Å²) in [6.45, 7) is 3.70. The van der Waals surface area contributed by atoms with Crippen molar-refractivity contribution in [3.8, 4) is 0 Å². The van der Waals surface area contributed by atoms with Crippen LogP contribution in [0, 0.1) is 13.8 Å². The van der Waals surface area contributed by atoms with Crippen molar-refractivity contribution in [1.82, 2.24) is 9.55 Å². The van der Waals surface area contributed by atoms with E-state index in [0.29, 0.717) is 22.4 Å². The standard InChI is InChI=1S/C20H20N2O4S/c1-12-9-15(13(2)22(12)14-7-8-14)17(23)10-25-19(24)11-27-20-21-16-5-3-4-6-18(16)26-20/h3-6,9,14H,7-8,10-11H2,1-2H3. The molecule has 1 fully saturated rings. The van der Waals surface area contributed by atoms with Gasteiger partial charge in [0.2, 0.25) is 5.78 Å². The van der Waals surface area contributed by atoms with Crippen LogP contribution in [0.4, 0.5) is 0 Å². The maximum atomic E-state index is 12.4. The first kappa shape index (κ1) is 17.9. The molecule has 0 spiro atoms. The number of rotatable bonds is 7. The lowest BCUT2D eigenvalue weighted by atomic mass is 10.1. The molecule has 140 valence electrons. The van der Waals surface area contributed by atoms with E-state index in [1.165, 1.54) is 0 Å². The van der Waals surface area contributed by atoms with Crippen molar-refractivity contribution in [3.63, 3.8) is 0 Å². The first-order chi connectivity index (χ1) is 13.0. The van der Waals surface area contributed by atoms with Gasteiger partial charge in [-0.05, 0) is 44.9 Å². The number of thioether (sulfide) groups is 1. The van der Waals surface area contributed by atoms with Gasteiger partial charge in [0, 0.05) is 23.0 Å². The number of hydrogen-bond acceptors (Lipinski definition) is 6. The van der Waals surface area contributed by atoms with E-state index >= 15 is 0 Å². The molecule has 0 radical (unpaired) electrons. The predicted octanol–water partition coefficient (Wildman–Crippen LogP) is 4.10. The van der Waals surface area contributed by atoms with Gasteiger partial charge in [0.1, 0.15) is 11.3 Å². The van der Waals surface area contributed by atoms with Crippen LogP contribution in [0.1, 0.15) is 40.6 Å². The normalized spacial score (nSPS) is 13.9. The molecule has 4 rings (SSSR count). The van der Waals surface area contributed by atoms with E-state index in [1.807, 2.05) is 44.2 Å². The highest BCUT2D eigenvalue weighted by Gasteiger charge is 2.28. The zero-order valence-corrected chi connectivity index (χ0v) is 16.0. The third-order valence-electron chi connectivity index (χ3n) is 4.65. The number of fused-ring (bicyclic) bond motifs is 1. The highest BCUT2D eigenvalue weighted by atomic mass is 32.2. The molecule has 1 saturated carbocycles. The number of hydrogen-bond donors (Lipinski definition) is 0. The summed E-state index contributed by atoms with van der Waals surface area (Å²) in [5.41, 5.74) is 4.09. The second kappa shape index (κ2) is 7.23. The number of para-hydroxylation sites is 2. The molecule has 2 heterocycles. The minimum Gasteiger partial charge on any atom is -0.457 e. The number of esters is 1. The van der Waals surface area contributed by atoms with Crippen molar-refractivity contribution in [3.05, 3.63) is 47.3 Å². The summed E-state index contributed by atoms with van der Waals surface area (Å²) < 4.78 is 12.9. The molecule has 0 bridgehead atoms. The lowest BCUT2D eigenvalue weighted by molar-refractivity contribution is -0.139. The van der Waals surface area contributed by atoms with Gasteiger partial charge in [0.25, 0.3) is 5.22 Å². The molecule has 7 heteroatoms. The number of carbonyl (C=O) groups is 2. The van der Waals surface area contributed by atoms with Crippen molar-refractivity contribution in [2.24, 2.45) is 0 Å². The average molecular weight is 384 g/mol. The molecule has 0 aliphatic heterocycles. The van der Waals surface area contributed by atoms with Gasteiger partial charge in [-0.15, -0.1) is 0 Å². The Morgan fingerprint density at radius 1 is 1.30 bits per heavy atom. The summed E-state index contributed by atoms with van der Waals surface area (Å²) in [4.78, 5) is 28.7. The fourth-order valence-corrected chi connectivity index (χ4v) is 3.89. The Bertz CT molecular complexity index is 983. The summed E-state index contributed by atoms with van der Waals surface area (Å²) in [5, 5.41) is 0.410. The molecule has 6 nitrogen and oxygen atoms in total. The molecule has 0 amide bonds. The quantitative estimate of drug-likeness (QED) is 0.347. The summed E-state index contributed by atoms with van der Waals surface area (Å²) in [7, 11) is 0. The maximum Gasteiger partial charge on any atom is 0.316 e. The Morgan fingerprint density at radius 3 is 2.81 bits per heavy atom. The fraction of sp³-hybridized carbons (Fsp3) is 0.350. The Morgan fingerprint density at radius 2 is 2.07 bits per heavy atom. The van der Waals surface area contributed by atoms with E-state index in [1.54, 1.807) is 0 Å². The number of ketones is 1. The Balaban J connectivity index is 1.31. The average Bonchev–Trinajstić information content (AvgIpc) is 3.32.